The zero-order valence-corrected chi connectivity index (χ0v) is 29.3. The summed E-state index contributed by atoms with van der Waals surface area (Å²) < 4.78 is 29.9. The molecule has 8 N–H and O–H groups in total. The van der Waals surface area contributed by atoms with Crippen molar-refractivity contribution in [2.24, 2.45) is 0 Å². The Morgan fingerprint density at radius 2 is 0.981 bits per heavy atom. The standard InChI is InChI=1S/C14H9Cl2NO3.C10H16N2O8.C7H6O5S/c15-8-5-6-12(11(16)7-8)17-13(18)9-3-1-2-4-10(9)14(19)20;13-7(14)3-11(4-8(15)16)1-2-12(5-9(17)18)6-10(19)20;8-7(9)5-3-1-2-4-6(5)13(10,11)12/h1-7H,(H,17,18)(H,19,20);1-6H2,(H,13,14)(H,15,16)(H,17,18)(H,19,20);1-4H,(H,8,9)(H,10,11,12). The molecule has 0 radical (unpaired) electrons. The minimum absolute atomic E-state index is 0.0611. The molecule has 0 atom stereocenters. The molecule has 0 saturated heterocycles. The van der Waals surface area contributed by atoms with E-state index in [9.17, 15) is 42.0 Å². The van der Waals surface area contributed by atoms with Crippen LogP contribution in [0.25, 0.3) is 0 Å². The van der Waals surface area contributed by atoms with Gasteiger partial charge >= 0.3 is 35.8 Å². The van der Waals surface area contributed by atoms with Gasteiger partial charge in [0.15, 0.2) is 0 Å². The fraction of sp³-hybridized carbons (Fsp3) is 0.194. The summed E-state index contributed by atoms with van der Waals surface area (Å²) in [7, 11) is -4.46. The van der Waals surface area contributed by atoms with Gasteiger partial charge < -0.3 is 36.0 Å². The third-order valence-electron chi connectivity index (χ3n) is 6.14. The van der Waals surface area contributed by atoms with Gasteiger partial charge in [-0.25, -0.2) is 9.59 Å². The number of anilines is 1. The molecule has 22 heteroatoms. The minimum Gasteiger partial charge on any atom is -0.480 e. The number of aromatic carboxylic acids is 2. The third-order valence-corrected chi connectivity index (χ3v) is 7.60. The van der Waals surface area contributed by atoms with Gasteiger partial charge in [0.25, 0.3) is 16.0 Å². The zero-order valence-electron chi connectivity index (χ0n) is 27.0. The van der Waals surface area contributed by atoms with E-state index >= 15 is 0 Å². The van der Waals surface area contributed by atoms with E-state index in [0.29, 0.717) is 10.7 Å². The molecule has 286 valence electrons. The summed E-state index contributed by atoms with van der Waals surface area (Å²) >= 11 is 11.7. The Bertz CT molecular complexity index is 1870. The van der Waals surface area contributed by atoms with E-state index in [2.05, 4.69) is 5.32 Å². The van der Waals surface area contributed by atoms with E-state index in [1.165, 1.54) is 30.3 Å². The second-order valence-corrected chi connectivity index (χ2v) is 12.4. The van der Waals surface area contributed by atoms with Gasteiger partial charge in [0.2, 0.25) is 0 Å². The fourth-order valence-corrected chi connectivity index (χ4v) is 5.13. The molecule has 3 aromatic rings. The second kappa shape index (κ2) is 21.7. The third kappa shape index (κ3) is 17.4. The van der Waals surface area contributed by atoms with Crippen molar-refractivity contribution in [1.29, 1.82) is 0 Å². The number of amides is 1. The summed E-state index contributed by atoms with van der Waals surface area (Å²) in [6.07, 6.45) is 0. The lowest BCUT2D eigenvalue weighted by Gasteiger charge is -2.23. The largest absolute Gasteiger partial charge is 0.480 e. The van der Waals surface area contributed by atoms with Crippen LogP contribution in [0.3, 0.4) is 0 Å². The maximum absolute atomic E-state index is 12.1. The van der Waals surface area contributed by atoms with Gasteiger partial charge in [0.1, 0.15) is 4.90 Å². The molecule has 0 aliphatic rings. The molecule has 0 spiro atoms. The number of carbonyl (C=O) groups excluding carboxylic acids is 1. The summed E-state index contributed by atoms with van der Waals surface area (Å²) in [6, 6.07) is 15.4. The van der Waals surface area contributed by atoms with Crippen LogP contribution in [0.4, 0.5) is 5.69 Å². The number of nitrogens with one attached hydrogen (secondary N) is 1. The number of halogens is 2. The van der Waals surface area contributed by atoms with Crippen LogP contribution in [0.1, 0.15) is 31.1 Å². The average molecular weight is 805 g/mol. The summed E-state index contributed by atoms with van der Waals surface area (Å²) in [4.78, 5) is 77.4. The van der Waals surface area contributed by atoms with Crippen LogP contribution < -0.4 is 5.32 Å². The van der Waals surface area contributed by atoms with Crippen molar-refractivity contribution in [2.45, 2.75) is 4.90 Å². The number of carboxylic acid groups (broad SMARTS) is 6. The molecule has 3 rings (SSSR count). The van der Waals surface area contributed by atoms with Gasteiger partial charge in [-0.3, -0.25) is 38.3 Å². The van der Waals surface area contributed by atoms with Gasteiger partial charge in [0, 0.05) is 18.1 Å². The smallest absolute Gasteiger partial charge is 0.337 e. The second-order valence-electron chi connectivity index (χ2n) is 10.2. The first-order valence-corrected chi connectivity index (χ1v) is 16.5. The van der Waals surface area contributed by atoms with E-state index in [-0.39, 0.29) is 29.2 Å². The van der Waals surface area contributed by atoms with E-state index < -0.39 is 88.5 Å². The Morgan fingerprint density at radius 1 is 0.585 bits per heavy atom. The van der Waals surface area contributed by atoms with Crippen LogP contribution >= 0.6 is 23.2 Å². The molecule has 1 amide bonds. The maximum atomic E-state index is 12.1. The molecule has 0 aliphatic heterocycles. The highest BCUT2D eigenvalue weighted by atomic mass is 35.5. The van der Waals surface area contributed by atoms with Gasteiger partial charge in [-0.15, -0.1) is 0 Å². The monoisotopic (exact) mass is 803 g/mol. The molecule has 0 aromatic heterocycles. The van der Waals surface area contributed by atoms with Crippen molar-refractivity contribution in [1.82, 2.24) is 9.80 Å². The predicted octanol–water partition coefficient (Wildman–Crippen LogP) is 2.50. The molecule has 3 aromatic carbocycles. The van der Waals surface area contributed by atoms with E-state index in [4.69, 9.17) is 58.4 Å². The Balaban J connectivity index is 0.000000407. The van der Waals surface area contributed by atoms with Gasteiger partial charge in [-0.05, 0) is 42.5 Å². The summed E-state index contributed by atoms with van der Waals surface area (Å²) in [6.45, 7) is -2.25. The lowest BCUT2D eigenvalue weighted by Crippen LogP contribution is -2.43. The number of hydrogen-bond acceptors (Lipinski definition) is 11. The zero-order chi connectivity index (χ0) is 40.5. The van der Waals surface area contributed by atoms with E-state index in [1.807, 2.05) is 0 Å². The molecule has 53 heavy (non-hydrogen) atoms. The van der Waals surface area contributed by atoms with Gasteiger partial charge in [-0.2, -0.15) is 8.42 Å². The topological polar surface area (TPSA) is 314 Å². The van der Waals surface area contributed by atoms with Crippen LogP contribution in [0.2, 0.25) is 10.0 Å². The highest BCUT2D eigenvalue weighted by molar-refractivity contribution is 7.86. The molecule has 0 unspecified atom stereocenters. The highest BCUT2D eigenvalue weighted by Gasteiger charge is 2.20. The maximum Gasteiger partial charge on any atom is 0.337 e. The Hall–Kier alpha value is -5.64. The van der Waals surface area contributed by atoms with E-state index in [0.717, 1.165) is 21.9 Å². The van der Waals surface area contributed by atoms with Crippen molar-refractivity contribution >= 4 is 80.7 Å². The Morgan fingerprint density at radius 3 is 1.34 bits per heavy atom. The minimum atomic E-state index is -4.46. The number of benzene rings is 3. The Kier molecular flexibility index (Phi) is 18.5. The van der Waals surface area contributed by atoms with Crippen LogP contribution in [-0.2, 0) is 29.3 Å². The number of carboxylic acids is 6. The number of carbonyl (C=O) groups is 7. The lowest BCUT2D eigenvalue weighted by atomic mass is 10.1. The summed E-state index contributed by atoms with van der Waals surface area (Å²) in [5.74, 6) is -8.02. The summed E-state index contributed by atoms with van der Waals surface area (Å²) in [5, 5.41) is 55.3. The molecule has 0 fully saturated rings. The van der Waals surface area contributed by atoms with Crippen LogP contribution in [0, 0.1) is 0 Å². The SMILES string of the molecule is O=C(O)CN(CCN(CC(=O)O)CC(=O)O)CC(=O)O.O=C(O)c1ccccc1C(=O)Nc1ccc(Cl)cc1Cl.O=C(O)c1ccccc1S(=O)(=O)O. The van der Waals surface area contributed by atoms with Crippen molar-refractivity contribution < 1.29 is 77.2 Å². The van der Waals surface area contributed by atoms with Crippen LogP contribution in [0.5, 0.6) is 0 Å². The van der Waals surface area contributed by atoms with Crippen molar-refractivity contribution in [3.63, 3.8) is 0 Å². The lowest BCUT2D eigenvalue weighted by molar-refractivity contribution is -0.145. The first-order valence-electron chi connectivity index (χ1n) is 14.3. The fourth-order valence-electron chi connectivity index (χ4n) is 3.99. The first-order chi connectivity index (χ1) is 24.6. The summed E-state index contributed by atoms with van der Waals surface area (Å²) in [5.41, 5.74) is -0.0904. The quantitative estimate of drug-likeness (QED) is 0.0964. The van der Waals surface area contributed by atoms with Crippen LogP contribution in [-0.4, -0.2) is 134 Å². The van der Waals surface area contributed by atoms with Gasteiger partial charge in [-0.1, -0.05) is 47.5 Å². The normalized spacial score (nSPS) is 10.6. The molecular weight excluding hydrogens is 773 g/mol. The highest BCUT2D eigenvalue weighted by Crippen LogP contribution is 2.26. The predicted molar refractivity (Wildman–Crippen MR) is 184 cm³/mol. The first kappa shape index (κ1) is 45.4. The van der Waals surface area contributed by atoms with E-state index in [1.54, 1.807) is 24.3 Å². The molecule has 0 bridgehead atoms. The number of hydrogen-bond donors (Lipinski definition) is 8. The van der Waals surface area contributed by atoms with Crippen molar-refractivity contribution in [3.8, 4) is 0 Å². The van der Waals surface area contributed by atoms with Crippen molar-refractivity contribution in [2.75, 3.05) is 44.6 Å². The molecule has 19 nitrogen and oxygen atoms in total. The molecular formula is C31H31Cl2N3O16S. The number of rotatable bonds is 16. The molecule has 0 aliphatic carbocycles. The molecule has 0 heterocycles. The van der Waals surface area contributed by atoms with Crippen molar-refractivity contribution in [3.05, 3.63) is 93.5 Å². The number of nitrogens with zero attached hydrogens (tertiary/aromatic N) is 2. The van der Waals surface area contributed by atoms with Gasteiger partial charge in [0.05, 0.1) is 53.6 Å². The average Bonchev–Trinajstić information content (AvgIpc) is 3.04. The Labute approximate surface area is 310 Å². The molecule has 0 saturated carbocycles. The number of aliphatic carboxylic acids is 4. The van der Waals surface area contributed by atoms with Crippen LogP contribution in [0.15, 0.2) is 71.6 Å².